The molecule has 6 amide bonds. The van der Waals surface area contributed by atoms with Crippen molar-refractivity contribution in [2.24, 2.45) is 5.41 Å². The first kappa shape index (κ1) is 43.8. The lowest BCUT2D eigenvalue weighted by Crippen LogP contribution is -2.59. The number of amides is 6. The number of hydrogen-bond acceptors (Lipinski definition) is 10. The molecule has 2 heterocycles. The highest BCUT2D eigenvalue weighted by Crippen LogP contribution is 2.28. The summed E-state index contributed by atoms with van der Waals surface area (Å²) in [4.78, 5) is 96.9. The average molecular weight is 795 g/mol. The summed E-state index contributed by atoms with van der Waals surface area (Å²) >= 11 is 1.41. The molecule has 4 N–H and O–H groups in total. The van der Waals surface area contributed by atoms with E-state index >= 15 is 0 Å². The smallest absolute Gasteiger partial charge is 0.290 e. The van der Waals surface area contributed by atoms with Gasteiger partial charge in [0.05, 0.1) is 38.3 Å². The fourth-order valence-corrected chi connectivity index (χ4v) is 6.92. The molecule has 15 nitrogen and oxygen atoms in total. The molecule has 0 radical (unpaired) electrons. The number of ketones is 1. The predicted molar refractivity (Wildman–Crippen MR) is 210 cm³/mol. The normalized spacial score (nSPS) is 20.1. The van der Waals surface area contributed by atoms with E-state index in [2.05, 4.69) is 21.3 Å². The topological polar surface area (TPSA) is 193 Å². The Morgan fingerprint density at radius 3 is 2.41 bits per heavy atom. The zero-order valence-electron chi connectivity index (χ0n) is 32.9. The zero-order chi connectivity index (χ0) is 41.0. The second-order valence-electron chi connectivity index (χ2n) is 15.2. The molecule has 1 fully saturated rings. The minimum atomic E-state index is -1.27. The van der Waals surface area contributed by atoms with Crippen molar-refractivity contribution in [2.75, 3.05) is 52.4 Å². The molecule has 0 aromatic heterocycles. The lowest BCUT2D eigenvalue weighted by atomic mass is 9.85. The Balaban J connectivity index is 1.48. The van der Waals surface area contributed by atoms with Crippen LogP contribution in [0.5, 0.6) is 5.75 Å². The van der Waals surface area contributed by atoms with E-state index in [1.165, 1.54) is 21.6 Å². The summed E-state index contributed by atoms with van der Waals surface area (Å²) in [6, 6.07) is 11.4. The number of carbonyl (C=O) groups excluding carboxylic acids is 7. The van der Waals surface area contributed by atoms with Gasteiger partial charge in [-0.05, 0) is 47.1 Å². The van der Waals surface area contributed by atoms with Gasteiger partial charge in [-0.1, -0.05) is 63.2 Å². The molecule has 1 unspecified atom stereocenters. The molecule has 56 heavy (non-hydrogen) atoms. The summed E-state index contributed by atoms with van der Waals surface area (Å²) in [5, 5.41) is 10.5. The molecule has 0 spiro atoms. The largest absolute Gasteiger partial charge is 0.493 e. The first-order chi connectivity index (χ1) is 26.6. The third-order valence-electron chi connectivity index (χ3n) is 9.44. The van der Waals surface area contributed by atoms with E-state index in [1.54, 1.807) is 68.7 Å². The van der Waals surface area contributed by atoms with Gasteiger partial charge in [-0.15, -0.1) is 0 Å². The van der Waals surface area contributed by atoms with Crippen LogP contribution in [0.2, 0.25) is 0 Å². The predicted octanol–water partition coefficient (Wildman–Crippen LogP) is 1.40. The van der Waals surface area contributed by atoms with E-state index in [9.17, 15) is 33.6 Å². The van der Waals surface area contributed by atoms with E-state index < -0.39 is 71.6 Å². The van der Waals surface area contributed by atoms with Gasteiger partial charge in [0, 0.05) is 33.5 Å². The molecule has 4 rings (SSSR count). The van der Waals surface area contributed by atoms with E-state index in [0.29, 0.717) is 42.3 Å². The van der Waals surface area contributed by atoms with Gasteiger partial charge < -0.3 is 40.5 Å². The van der Waals surface area contributed by atoms with Gasteiger partial charge in [-0.2, -0.15) is 11.8 Å². The van der Waals surface area contributed by atoms with E-state index in [-0.39, 0.29) is 37.6 Å². The maximum absolute atomic E-state index is 14.3. The summed E-state index contributed by atoms with van der Waals surface area (Å²) in [6.45, 7) is 5.58. The number of thioether (sulfide) groups is 1. The molecule has 1 saturated heterocycles. The number of nitrogens with one attached hydrogen (secondary N) is 4. The fraction of sp³-hybridized carbons (Fsp3) is 0.525. The molecule has 0 saturated carbocycles. The lowest BCUT2D eigenvalue weighted by Gasteiger charge is -2.35. The molecule has 304 valence electrons. The van der Waals surface area contributed by atoms with Gasteiger partial charge in [0.1, 0.15) is 23.9 Å². The van der Waals surface area contributed by atoms with Crippen molar-refractivity contribution in [2.45, 2.75) is 76.7 Å². The Labute approximate surface area is 332 Å². The van der Waals surface area contributed by atoms with Crippen molar-refractivity contribution in [3.8, 4) is 5.75 Å². The molecule has 2 aliphatic rings. The maximum Gasteiger partial charge on any atom is 0.290 e. The summed E-state index contributed by atoms with van der Waals surface area (Å²) < 4.78 is 12.0. The van der Waals surface area contributed by atoms with Crippen LogP contribution in [0.25, 0.3) is 0 Å². The number of rotatable bonds is 12. The monoisotopic (exact) mass is 794 g/mol. The molecule has 2 aromatic rings. The fourth-order valence-electron chi connectivity index (χ4n) is 6.45. The Morgan fingerprint density at radius 1 is 1.00 bits per heavy atom. The van der Waals surface area contributed by atoms with Crippen molar-refractivity contribution in [1.82, 2.24) is 31.1 Å². The molecule has 2 aliphatic heterocycles. The molecule has 5 atom stereocenters. The van der Waals surface area contributed by atoms with Crippen LogP contribution in [0.15, 0.2) is 54.6 Å². The van der Waals surface area contributed by atoms with Crippen LogP contribution in [0.1, 0.15) is 57.2 Å². The van der Waals surface area contributed by atoms with Gasteiger partial charge in [0.15, 0.2) is 0 Å². The highest BCUT2D eigenvalue weighted by molar-refractivity contribution is 7.98. The van der Waals surface area contributed by atoms with Crippen molar-refractivity contribution in [3.05, 3.63) is 65.7 Å². The Hall–Kier alpha value is -4.96. The van der Waals surface area contributed by atoms with E-state index in [4.69, 9.17) is 9.47 Å². The van der Waals surface area contributed by atoms with Crippen molar-refractivity contribution in [3.63, 3.8) is 0 Å². The van der Waals surface area contributed by atoms with Crippen LogP contribution >= 0.6 is 11.8 Å². The molecule has 0 aliphatic carbocycles. The number of hydrogen-bond donors (Lipinski definition) is 4. The van der Waals surface area contributed by atoms with Crippen LogP contribution in [0.4, 0.5) is 0 Å². The Bertz CT molecular complexity index is 1730. The molecular weight excluding hydrogens is 741 g/mol. The van der Waals surface area contributed by atoms with Crippen LogP contribution in [-0.2, 0) is 44.7 Å². The highest BCUT2D eigenvalue weighted by atomic mass is 32.2. The quantitative estimate of drug-likeness (QED) is 0.229. The first-order valence-electron chi connectivity index (χ1n) is 18.7. The number of likely N-dealkylation sites (N-methyl/N-ethyl adjacent to an activating group) is 1. The standard InChI is InChI=1S/C40H54N6O9S/c1-40(2,3)35-39(53)46-24-28(55-18-11-17-54-27-15-10-12-25(20-27)21-31(47)44-35)22-30(46)36(50)42-29(16-19-56-6)34(49)37(51)41-23-32(48)43-33(38(52)45(4)5)26-13-8-7-9-14-26/h7-10,12-15,20,28-30,33,35H,11,16-19,21-24H2,1-6H3,(H,41,51)(H,42,50)(H,43,48)(H,44,47)/t28-,29?,30+,33+,35-/m1/s1. The third kappa shape index (κ3) is 12.3. The highest BCUT2D eigenvalue weighted by Gasteiger charge is 2.46. The summed E-state index contributed by atoms with van der Waals surface area (Å²) in [7, 11) is 3.11. The second kappa shape index (κ2) is 20.3. The van der Waals surface area contributed by atoms with Crippen LogP contribution in [-0.4, -0.2) is 128 Å². The average Bonchev–Trinajstić information content (AvgIpc) is 3.59. The minimum absolute atomic E-state index is 0.0114. The summed E-state index contributed by atoms with van der Waals surface area (Å²) in [6.07, 6.45) is 2.05. The lowest BCUT2D eigenvalue weighted by molar-refractivity contribution is -0.145. The van der Waals surface area contributed by atoms with Crippen LogP contribution < -0.4 is 26.0 Å². The number of benzene rings is 2. The summed E-state index contributed by atoms with van der Waals surface area (Å²) in [5.41, 5.74) is 0.507. The van der Waals surface area contributed by atoms with Gasteiger partial charge >= 0.3 is 0 Å². The van der Waals surface area contributed by atoms with Gasteiger partial charge in [-0.25, -0.2) is 0 Å². The molecule has 16 heteroatoms. The zero-order valence-corrected chi connectivity index (χ0v) is 33.7. The SMILES string of the molecule is CSCCC(NC(=O)[C@@H]1C[C@@H]2CN1C(=O)[C@H](C(C)(C)C)NC(=O)Cc1cccc(c1)OCCCO2)C(=O)C(=O)NCC(=O)N[C@H](C(=O)N(C)C)c1ccccc1. The van der Waals surface area contributed by atoms with Gasteiger partial charge in [0.2, 0.25) is 35.3 Å². The number of Topliss-reactive ketones (excluding diaryl/α,β-unsaturated/α-hetero) is 1. The second-order valence-corrected chi connectivity index (χ2v) is 16.1. The van der Waals surface area contributed by atoms with Crippen molar-refractivity contribution < 1.29 is 43.0 Å². The van der Waals surface area contributed by atoms with Crippen LogP contribution in [0, 0.1) is 5.41 Å². The third-order valence-corrected chi connectivity index (χ3v) is 10.1. The van der Waals surface area contributed by atoms with Crippen LogP contribution in [0.3, 0.4) is 0 Å². The maximum atomic E-state index is 14.3. The minimum Gasteiger partial charge on any atom is -0.493 e. The van der Waals surface area contributed by atoms with Gasteiger partial charge in [0.25, 0.3) is 5.91 Å². The number of fused-ring (bicyclic) bond motifs is 4. The summed E-state index contributed by atoms with van der Waals surface area (Å²) in [5.74, 6) is -3.63. The number of nitrogens with zero attached hydrogens (tertiary/aromatic N) is 2. The van der Waals surface area contributed by atoms with E-state index in [1.807, 2.05) is 27.0 Å². The molecular formula is C40H54N6O9S. The van der Waals surface area contributed by atoms with E-state index in [0.717, 1.165) is 0 Å². The Morgan fingerprint density at radius 2 is 1.73 bits per heavy atom. The molecule has 4 bridgehead atoms. The first-order valence-corrected chi connectivity index (χ1v) is 20.1. The number of ether oxygens (including phenoxy) is 2. The number of carbonyl (C=O) groups is 7. The Kier molecular flexibility index (Phi) is 15.8. The molecule has 2 aromatic carbocycles. The van der Waals surface area contributed by atoms with Gasteiger partial charge in [-0.3, -0.25) is 33.6 Å². The van der Waals surface area contributed by atoms with Crippen molar-refractivity contribution in [1.29, 1.82) is 0 Å². The van der Waals surface area contributed by atoms with Crippen molar-refractivity contribution >= 4 is 53.0 Å².